The second kappa shape index (κ2) is 7.77. The second-order valence-electron chi connectivity index (χ2n) is 5.34. The molecule has 0 fully saturated rings. The van der Waals surface area contributed by atoms with Gasteiger partial charge in [0.1, 0.15) is 9.88 Å². The molecule has 0 unspecified atom stereocenters. The van der Waals surface area contributed by atoms with Crippen molar-refractivity contribution in [3.05, 3.63) is 76.8 Å². The van der Waals surface area contributed by atoms with Gasteiger partial charge in [0.05, 0.1) is 12.8 Å². The van der Waals surface area contributed by atoms with Crippen LogP contribution < -0.4 is 5.73 Å². The number of hydrogen-bond acceptors (Lipinski definition) is 5. The molecular weight excluding hydrogens is 332 g/mol. The van der Waals surface area contributed by atoms with E-state index in [0.717, 1.165) is 21.7 Å². The van der Waals surface area contributed by atoms with Gasteiger partial charge in [-0.1, -0.05) is 48.5 Å². The molecule has 1 aromatic heterocycles. The molecule has 0 atom stereocenters. The Morgan fingerprint density at radius 3 is 2.76 bits per heavy atom. The van der Waals surface area contributed by atoms with E-state index >= 15 is 0 Å². The minimum atomic E-state index is -0.337. The number of hydrogen-bond donors (Lipinski definition) is 1. The number of ether oxygens (including phenoxy) is 1. The minimum absolute atomic E-state index is 0.337. The van der Waals surface area contributed by atoms with Crippen LogP contribution in [-0.4, -0.2) is 17.6 Å². The second-order valence-corrected chi connectivity index (χ2v) is 6.37. The molecule has 5 heteroatoms. The van der Waals surface area contributed by atoms with Crippen LogP contribution in [0.5, 0.6) is 0 Å². The van der Waals surface area contributed by atoms with Gasteiger partial charge >= 0.3 is 5.97 Å². The summed E-state index contributed by atoms with van der Waals surface area (Å²) in [5.74, 6) is -0.337. The number of nitrogens with two attached hydrogens (primary N) is 1. The molecule has 0 amide bonds. The van der Waals surface area contributed by atoms with Crippen LogP contribution in [0.15, 0.2) is 60.8 Å². The lowest BCUT2D eigenvalue weighted by Gasteiger charge is -2.03. The molecule has 0 aliphatic carbocycles. The Balaban J connectivity index is 1.86. The SMILES string of the molecule is CCOC(=O)c1cnc(-c2cccc(/C=C(\N)c3ccccc3)c2)s1. The average Bonchev–Trinajstić information content (AvgIpc) is 3.13. The molecule has 2 aromatic carbocycles. The van der Waals surface area contributed by atoms with Crippen LogP contribution in [0.1, 0.15) is 27.7 Å². The van der Waals surface area contributed by atoms with Crippen LogP contribution in [0.25, 0.3) is 22.3 Å². The zero-order valence-corrected chi connectivity index (χ0v) is 14.6. The monoisotopic (exact) mass is 350 g/mol. The molecule has 25 heavy (non-hydrogen) atoms. The Morgan fingerprint density at radius 1 is 1.20 bits per heavy atom. The number of nitrogens with zero attached hydrogens (tertiary/aromatic N) is 1. The molecule has 4 nitrogen and oxygen atoms in total. The largest absolute Gasteiger partial charge is 0.462 e. The van der Waals surface area contributed by atoms with Crippen molar-refractivity contribution in [2.45, 2.75) is 6.92 Å². The van der Waals surface area contributed by atoms with Crippen molar-refractivity contribution in [2.75, 3.05) is 6.61 Å². The van der Waals surface area contributed by atoms with E-state index in [9.17, 15) is 4.79 Å². The Hall–Kier alpha value is -2.92. The third kappa shape index (κ3) is 4.14. The van der Waals surface area contributed by atoms with E-state index in [2.05, 4.69) is 4.98 Å². The van der Waals surface area contributed by atoms with E-state index in [1.54, 1.807) is 13.1 Å². The van der Waals surface area contributed by atoms with Gasteiger partial charge in [-0.2, -0.15) is 0 Å². The molecule has 0 saturated heterocycles. The van der Waals surface area contributed by atoms with Crippen molar-refractivity contribution in [3.8, 4) is 10.6 Å². The lowest BCUT2D eigenvalue weighted by atomic mass is 10.1. The Morgan fingerprint density at radius 2 is 2.00 bits per heavy atom. The highest BCUT2D eigenvalue weighted by Gasteiger charge is 2.12. The number of benzene rings is 2. The van der Waals surface area contributed by atoms with E-state index in [4.69, 9.17) is 10.5 Å². The summed E-state index contributed by atoms with van der Waals surface area (Å²) in [5, 5.41) is 0.775. The Kier molecular flexibility index (Phi) is 5.26. The fourth-order valence-electron chi connectivity index (χ4n) is 2.36. The van der Waals surface area contributed by atoms with Crippen LogP contribution >= 0.6 is 11.3 Å². The lowest BCUT2D eigenvalue weighted by molar-refractivity contribution is 0.0532. The Labute approximate surface area is 150 Å². The molecule has 3 aromatic rings. The predicted octanol–water partition coefficient (Wildman–Crippen LogP) is 4.44. The Bertz CT molecular complexity index is 901. The number of carbonyl (C=O) groups is 1. The maximum Gasteiger partial charge on any atom is 0.349 e. The summed E-state index contributed by atoms with van der Waals surface area (Å²) in [6, 6.07) is 17.7. The van der Waals surface area contributed by atoms with Gasteiger partial charge < -0.3 is 10.5 Å². The maximum absolute atomic E-state index is 11.8. The maximum atomic E-state index is 11.8. The normalized spacial score (nSPS) is 11.3. The van der Waals surface area contributed by atoms with E-state index in [-0.39, 0.29) is 5.97 Å². The predicted molar refractivity (Wildman–Crippen MR) is 102 cm³/mol. The highest BCUT2D eigenvalue weighted by Crippen LogP contribution is 2.27. The average molecular weight is 350 g/mol. The topological polar surface area (TPSA) is 65.2 Å². The van der Waals surface area contributed by atoms with Gasteiger partial charge in [-0.3, -0.25) is 0 Å². The summed E-state index contributed by atoms with van der Waals surface area (Å²) < 4.78 is 5.01. The first-order chi connectivity index (χ1) is 12.2. The number of thiazole rings is 1. The molecule has 0 bridgehead atoms. The van der Waals surface area contributed by atoms with Gasteiger partial charge in [0.2, 0.25) is 0 Å². The highest BCUT2D eigenvalue weighted by atomic mass is 32.1. The van der Waals surface area contributed by atoms with Gasteiger partial charge in [0, 0.05) is 11.3 Å². The van der Waals surface area contributed by atoms with Gasteiger partial charge in [-0.15, -0.1) is 11.3 Å². The van der Waals surface area contributed by atoms with Crippen LogP contribution in [0.3, 0.4) is 0 Å². The summed E-state index contributed by atoms with van der Waals surface area (Å²) in [5.41, 5.74) is 9.77. The van der Waals surface area contributed by atoms with E-state index in [0.29, 0.717) is 17.2 Å². The van der Waals surface area contributed by atoms with Crippen LogP contribution in [0, 0.1) is 0 Å². The summed E-state index contributed by atoms with van der Waals surface area (Å²) in [4.78, 5) is 16.6. The summed E-state index contributed by atoms with van der Waals surface area (Å²) in [6.07, 6.45) is 3.48. The molecule has 0 saturated carbocycles. The van der Waals surface area contributed by atoms with Crippen LogP contribution in [-0.2, 0) is 4.74 Å². The van der Waals surface area contributed by atoms with Crippen molar-refractivity contribution < 1.29 is 9.53 Å². The van der Waals surface area contributed by atoms with E-state index in [1.807, 2.05) is 60.7 Å². The van der Waals surface area contributed by atoms with Gasteiger partial charge in [-0.25, -0.2) is 9.78 Å². The molecule has 2 N–H and O–H groups in total. The molecule has 126 valence electrons. The molecule has 0 aliphatic rings. The molecule has 3 rings (SSSR count). The van der Waals surface area contributed by atoms with Gasteiger partial charge in [0.25, 0.3) is 0 Å². The van der Waals surface area contributed by atoms with E-state index < -0.39 is 0 Å². The van der Waals surface area contributed by atoms with Crippen molar-refractivity contribution in [1.29, 1.82) is 0 Å². The van der Waals surface area contributed by atoms with E-state index in [1.165, 1.54) is 11.3 Å². The van der Waals surface area contributed by atoms with Crippen LogP contribution in [0.4, 0.5) is 0 Å². The molecule has 0 aliphatic heterocycles. The zero-order chi connectivity index (χ0) is 17.6. The first-order valence-corrected chi connectivity index (χ1v) is 8.75. The van der Waals surface area contributed by atoms with Gasteiger partial charge in [-0.05, 0) is 30.2 Å². The molecular formula is C20H18N2O2S. The van der Waals surface area contributed by atoms with Crippen molar-refractivity contribution in [3.63, 3.8) is 0 Å². The molecule has 1 heterocycles. The zero-order valence-electron chi connectivity index (χ0n) is 13.8. The summed E-state index contributed by atoms with van der Waals surface area (Å²) >= 11 is 1.32. The number of carbonyl (C=O) groups excluding carboxylic acids is 1. The number of esters is 1. The summed E-state index contributed by atoms with van der Waals surface area (Å²) in [6.45, 7) is 2.14. The smallest absolute Gasteiger partial charge is 0.349 e. The minimum Gasteiger partial charge on any atom is -0.462 e. The quantitative estimate of drug-likeness (QED) is 0.545. The van der Waals surface area contributed by atoms with Gasteiger partial charge in [0.15, 0.2) is 0 Å². The molecule has 0 radical (unpaired) electrons. The standard InChI is InChI=1S/C20H18N2O2S/c1-2-24-20(23)18-13-22-19(25-18)16-10-6-7-14(11-16)12-17(21)15-8-4-3-5-9-15/h3-13H,2,21H2,1H3/b17-12-. The first-order valence-electron chi connectivity index (χ1n) is 7.93. The number of aromatic nitrogens is 1. The van der Waals surface area contributed by atoms with Crippen LogP contribution in [0.2, 0.25) is 0 Å². The van der Waals surface area contributed by atoms with Crippen molar-refractivity contribution >= 4 is 29.1 Å². The summed E-state index contributed by atoms with van der Waals surface area (Å²) in [7, 11) is 0. The third-order valence-electron chi connectivity index (χ3n) is 3.55. The van der Waals surface area contributed by atoms with Crippen molar-refractivity contribution in [1.82, 2.24) is 4.98 Å². The lowest BCUT2D eigenvalue weighted by Crippen LogP contribution is -2.01. The fourth-order valence-corrected chi connectivity index (χ4v) is 3.17. The third-order valence-corrected chi connectivity index (χ3v) is 4.57. The molecule has 0 spiro atoms. The highest BCUT2D eigenvalue weighted by molar-refractivity contribution is 7.16. The van der Waals surface area contributed by atoms with Crippen molar-refractivity contribution in [2.24, 2.45) is 5.73 Å². The fraction of sp³-hybridized carbons (Fsp3) is 0.100. The first kappa shape index (κ1) is 16.9. The number of rotatable bonds is 5.